The van der Waals surface area contributed by atoms with Crippen molar-refractivity contribution in [2.45, 2.75) is 0 Å². The summed E-state index contributed by atoms with van der Waals surface area (Å²) in [5.74, 6) is 2.32. The van der Waals surface area contributed by atoms with E-state index in [4.69, 9.17) is 39.1 Å². The quantitative estimate of drug-likeness (QED) is 0.379. The lowest BCUT2D eigenvalue weighted by Gasteiger charge is -1.99. The van der Waals surface area contributed by atoms with E-state index in [0.717, 1.165) is 0 Å². The number of hydrogen-bond acceptors (Lipinski definition) is 2. The molecule has 0 unspecified atom stereocenters. The number of halogens is 2. The molecule has 4 heteroatoms. The van der Waals surface area contributed by atoms with Crippen LogP contribution in [0.5, 0.6) is 0 Å². The molecular formula is C7H8Cl2O2. The Morgan fingerprint density at radius 1 is 1.45 bits per heavy atom. The molecule has 0 atom stereocenters. The molecule has 0 aromatic heterocycles. The summed E-state index contributed by atoms with van der Waals surface area (Å²) in [4.78, 5) is 0. The van der Waals surface area contributed by atoms with E-state index in [0.29, 0.717) is 19.8 Å². The van der Waals surface area contributed by atoms with Crippen molar-refractivity contribution in [3.8, 4) is 12.3 Å². The van der Waals surface area contributed by atoms with Crippen molar-refractivity contribution in [3.63, 3.8) is 0 Å². The molecule has 0 aromatic rings. The molecule has 0 bridgehead atoms. The van der Waals surface area contributed by atoms with E-state index in [9.17, 15) is 0 Å². The summed E-state index contributed by atoms with van der Waals surface area (Å²) in [7, 11) is 0. The van der Waals surface area contributed by atoms with Crippen LogP contribution in [0, 0.1) is 12.3 Å². The van der Waals surface area contributed by atoms with E-state index in [1.807, 2.05) is 0 Å². The zero-order chi connectivity index (χ0) is 8.53. The van der Waals surface area contributed by atoms with Crippen LogP contribution in [0.4, 0.5) is 0 Å². The van der Waals surface area contributed by atoms with Crippen LogP contribution in [0.15, 0.2) is 10.8 Å². The summed E-state index contributed by atoms with van der Waals surface area (Å²) in [6, 6.07) is 0. The molecule has 11 heavy (non-hydrogen) atoms. The largest absolute Gasteiger partial charge is 0.496 e. The molecule has 0 aliphatic heterocycles. The van der Waals surface area contributed by atoms with Gasteiger partial charge in [-0.3, -0.25) is 0 Å². The third kappa shape index (κ3) is 9.64. The topological polar surface area (TPSA) is 18.5 Å². The third-order valence-corrected chi connectivity index (χ3v) is 0.882. The molecule has 62 valence electrons. The van der Waals surface area contributed by atoms with Crippen molar-refractivity contribution in [1.82, 2.24) is 0 Å². The van der Waals surface area contributed by atoms with E-state index in [1.165, 1.54) is 6.26 Å². The molecule has 0 spiro atoms. The van der Waals surface area contributed by atoms with Crippen LogP contribution in [0.3, 0.4) is 0 Å². The van der Waals surface area contributed by atoms with Gasteiger partial charge in [-0.15, -0.1) is 6.42 Å². The predicted octanol–water partition coefficient (Wildman–Crippen LogP) is 1.93. The molecule has 0 radical (unpaired) electrons. The second kappa shape index (κ2) is 7.74. The summed E-state index contributed by atoms with van der Waals surface area (Å²) in [6.07, 6.45) is 6.16. The van der Waals surface area contributed by atoms with Gasteiger partial charge in [-0.1, -0.05) is 29.1 Å². The average Bonchev–Trinajstić information content (AvgIpc) is 1.96. The molecule has 0 saturated carbocycles. The second-order valence-corrected chi connectivity index (χ2v) is 2.54. The lowest BCUT2D eigenvalue weighted by atomic mass is 10.7. The molecule has 0 amide bonds. The first kappa shape index (κ1) is 10.6. The van der Waals surface area contributed by atoms with Crippen molar-refractivity contribution in [3.05, 3.63) is 10.8 Å². The van der Waals surface area contributed by atoms with E-state index in [2.05, 4.69) is 5.92 Å². The molecule has 0 heterocycles. The van der Waals surface area contributed by atoms with Gasteiger partial charge in [0.05, 0.1) is 6.61 Å². The van der Waals surface area contributed by atoms with Crippen molar-refractivity contribution in [2.75, 3.05) is 19.8 Å². The van der Waals surface area contributed by atoms with Crippen LogP contribution in [0.2, 0.25) is 0 Å². The minimum atomic E-state index is 0.0851. The first-order valence-electron chi connectivity index (χ1n) is 2.91. The molecular weight excluding hydrogens is 187 g/mol. The van der Waals surface area contributed by atoms with Gasteiger partial charge in [0, 0.05) is 0 Å². The van der Waals surface area contributed by atoms with Crippen LogP contribution in [0.25, 0.3) is 0 Å². The standard InChI is InChI=1S/C7H8Cl2O2/c1-2-3-10-4-5-11-6-7(8)9/h1,6H,3-5H2. The molecule has 2 nitrogen and oxygen atoms in total. The first-order chi connectivity index (χ1) is 5.27. The molecule has 0 fully saturated rings. The SMILES string of the molecule is C#CCOCCOC=C(Cl)Cl. The van der Waals surface area contributed by atoms with Crippen LogP contribution >= 0.6 is 23.2 Å². The molecule has 0 rings (SSSR count). The van der Waals surface area contributed by atoms with Crippen molar-refractivity contribution in [2.24, 2.45) is 0 Å². The lowest BCUT2D eigenvalue weighted by Crippen LogP contribution is -2.00. The fourth-order valence-corrected chi connectivity index (χ4v) is 0.486. The van der Waals surface area contributed by atoms with Crippen molar-refractivity contribution in [1.29, 1.82) is 0 Å². The molecule has 0 N–H and O–H groups in total. The van der Waals surface area contributed by atoms with E-state index in [-0.39, 0.29) is 4.49 Å². The van der Waals surface area contributed by atoms with Gasteiger partial charge in [0.15, 0.2) is 0 Å². The van der Waals surface area contributed by atoms with Gasteiger partial charge in [0.1, 0.15) is 24.0 Å². The van der Waals surface area contributed by atoms with Crippen LogP contribution < -0.4 is 0 Å². The highest BCUT2D eigenvalue weighted by Crippen LogP contribution is 2.05. The number of hydrogen-bond donors (Lipinski definition) is 0. The average molecular weight is 195 g/mol. The van der Waals surface area contributed by atoms with Gasteiger partial charge < -0.3 is 9.47 Å². The Morgan fingerprint density at radius 2 is 2.18 bits per heavy atom. The Hall–Kier alpha value is -0.360. The Labute approximate surface area is 76.1 Å². The maximum Gasteiger partial charge on any atom is 0.141 e. The molecule has 0 aromatic carbocycles. The smallest absolute Gasteiger partial charge is 0.141 e. The third-order valence-electron chi connectivity index (χ3n) is 0.703. The fraction of sp³-hybridized carbons (Fsp3) is 0.429. The number of terminal acetylenes is 1. The van der Waals surface area contributed by atoms with E-state index < -0.39 is 0 Å². The Balaban J connectivity index is 3.04. The minimum absolute atomic E-state index is 0.0851. The zero-order valence-corrected chi connectivity index (χ0v) is 7.36. The zero-order valence-electron chi connectivity index (χ0n) is 5.85. The molecule has 0 saturated heterocycles. The molecule has 0 aliphatic rings. The van der Waals surface area contributed by atoms with Crippen LogP contribution in [0.1, 0.15) is 0 Å². The Bertz CT molecular complexity index is 156. The van der Waals surface area contributed by atoms with Crippen molar-refractivity contribution < 1.29 is 9.47 Å². The fourth-order valence-electron chi connectivity index (χ4n) is 0.360. The summed E-state index contributed by atoms with van der Waals surface area (Å²) in [5, 5.41) is 0. The van der Waals surface area contributed by atoms with Gasteiger partial charge in [0.25, 0.3) is 0 Å². The van der Waals surface area contributed by atoms with Gasteiger partial charge in [-0.25, -0.2) is 0 Å². The van der Waals surface area contributed by atoms with Crippen LogP contribution in [-0.2, 0) is 9.47 Å². The van der Waals surface area contributed by atoms with Gasteiger partial charge >= 0.3 is 0 Å². The highest BCUT2D eigenvalue weighted by atomic mass is 35.5. The predicted molar refractivity (Wildman–Crippen MR) is 45.4 cm³/mol. The number of ether oxygens (including phenoxy) is 2. The lowest BCUT2D eigenvalue weighted by molar-refractivity contribution is 0.105. The second-order valence-electron chi connectivity index (χ2n) is 1.53. The Kier molecular flexibility index (Phi) is 7.49. The monoisotopic (exact) mass is 194 g/mol. The van der Waals surface area contributed by atoms with E-state index in [1.54, 1.807) is 0 Å². The van der Waals surface area contributed by atoms with E-state index >= 15 is 0 Å². The summed E-state index contributed by atoms with van der Waals surface area (Å²) < 4.78 is 9.80. The Morgan fingerprint density at radius 3 is 2.73 bits per heavy atom. The highest BCUT2D eigenvalue weighted by Gasteiger charge is 1.85. The summed E-state index contributed by atoms with van der Waals surface area (Å²) in [6.45, 7) is 1.12. The van der Waals surface area contributed by atoms with Gasteiger partial charge in [-0.2, -0.15) is 0 Å². The highest BCUT2D eigenvalue weighted by molar-refractivity contribution is 6.55. The summed E-state index contributed by atoms with van der Waals surface area (Å²) in [5.41, 5.74) is 0. The van der Waals surface area contributed by atoms with Crippen molar-refractivity contribution >= 4 is 23.2 Å². The maximum atomic E-state index is 5.25. The normalized spacial score (nSPS) is 8.45. The maximum absolute atomic E-state index is 5.25. The van der Waals surface area contributed by atoms with Gasteiger partial charge in [0.2, 0.25) is 0 Å². The first-order valence-corrected chi connectivity index (χ1v) is 3.67. The minimum Gasteiger partial charge on any atom is -0.496 e. The summed E-state index contributed by atoms with van der Waals surface area (Å²) >= 11 is 10.5. The molecule has 0 aliphatic carbocycles. The van der Waals surface area contributed by atoms with Crippen LogP contribution in [-0.4, -0.2) is 19.8 Å². The van der Waals surface area contributed by atoms with Gasteiger partial charge in [-0.05, 0) is 0 Å². The number of rotatable bonds is 5.